The van der Waals surface area contributed by atoms with Crippen molar-refractivity contribution in [3.8, 4) is 0 Å². The summed E-state index contributed by atoms with van der Waals surface area (Å²) in [7, 11) is 0. The zero-order valence-corrected chi connectivity index (χ0v) is 18.4. The Balaban J connectivity index is 1.64. The summed E-state index contributed by atoms with van der Waals surface area (Å²) in [5.41, 5.74) is 7.51. The Morgan fingerprint density at radius 1 is 0.543 bits per heavy atom. The van der Waals surface area contributed by atoms with Crippen LogP contribution in [0.4, 0.5) is 17.1 Å². The average Bonchev–Trinajstić information content (AvgIpc) is 2.88. The number of nitrogens with one attached hydrogen (secondary N) is 2. The summed E-state index contributed by atoms with van der Waals surface area (Å²) >= 11 is 0. The molecule has 35 heavy (non-hydrogen) atoms. The zero-order chi connectivity index (χ0) is 24.5. The molecule has 0 radical (unpaired) electrons. The van der Waals surface area contributed by atoms with E-state index in [0.29, 0.717) is 11.1 Å². The van der Waals surface area contributed by atoms with Gasteiger partial charge in [0.1, 0.15) is 0 Å². The van der Waals surface area contributed by atoms with Gasteiger partial charge < -0.3 is 16.4 Å². The number of hydrogen-bond acceptors (Lipinski definition) is 5. The van der Waals surface area contributed by atoms with Crippen LogP contribution >= 0.6 is 0 Å². The first kappa shape index (κ1) is 21.8. The van der Waals surface area contributed by atoms with Crippen LogP contribution in [0.5, 0.6) is 0 Å². The van der Waals surface area contributed by atoms with Gasteiger partial charge in [0, 0.05) is 22.4 Å². The Labute approximate surface area is 200 Å². The fourth-order valence-electron chi connectivity index (χ4n) is 4.12. The number of fused-ring (bicyclic) bond motifs is 2. The molecule has 0 aromatic heterocycles. The normalized spacial score (nSPS) is 11.9. The van der Waals surface area contributed by atoms with E-state index in [1.807, 2.05) is 0 Å². The molecular weight excluding hydrogens is 442 g/mol. The van der Waals surface area contributed by atoms with Crippen molar-refractivity contribution >= 4 is 40.4 Å². The Bertz CT molecular complexity index is 1510. The van der Waals surface area contributed by atoms with Crippen LogP contribution in [0.1, 0.15) is 52.6 Å². The van der Waals surface area contributed by atoms with Crippen LogP contribution in [0.2, 0.25) is 0 Å². The molecule has 1 aliphatic rings. The van der Waals surface area contributed by atoms with Crippen molar-refractivity contribution in [2.24, 2.45) is 0 Å². The fourth-order valence-corrected chi connectivity index (χ4v) is 4.12. The summed E-state index contributed by atoms with van der Waals surface area (Å²) in [5.74, 6) is -1.86. The lowest BCUT2D eigenvalue weighted by molar-refractivity contribution is 0.0978. The van der Waals surface area contributed by atoms with Crippen LogP contribution < -0.4 is 16.4 Å². The second-order valence-corrected chi connectivity index (χ2v) is 7.98. The molecule has 0 saturated carbocycles. The molecule has 7 nitrogen and oxygen atoms in total. The Morgan fingerprint density at radius 3 is 1.54 bits per heavy atom. The summed E-state index contributed by atoms with van der Waals surface area (Å²) in [6, 6.07) is 24.6. The molecule has 4 aromatic carbocycles. The highest BCUT2D eigenvalue weighted by Gasteiger charge is 2.36. The molecule has 0 fully saturated rings. The van der Waals surface area contributed by atoms with Crippen LogP contribution in [0.3, 0.4) is 0 Å². The number of nitrogens with two attached hydrogens (primary N) is 1. The molecular formula is C28H19N3O4. The topological polar surface area (TPSA) is 118 Å². The van der Waals surface area contributed by atoms with Crippen molar-refractivity contribution in [2.45, 2.75) is 0 Å². The van der Waals surface area contributed by atoms with Gasteiger partial charge in [0.05, 0.1) is 28.1 Å². The lowest BCUT2D eigenvalue weighted by Crippen LogP contribution is -2.27. The maximum Gasteiger partial charge on any atom is 0.255 e. The number of amides is 2. The van der Waals surface area contributed by atoms with Crippen molar-refractivity contribution in [3.63, 3.8) is 0 Å². The van der Waals surface area contributed by atoms with E-state index in [1.54, 1.807) is 66.7 Å². The molecule has 2 amide bonds. The molecule has 0 spiro atoms. The Kier molecular flexibility index (Phi) is 5.43. The zero-order valence-electron chi connectivity index (χ0n) is 18.4. The SMILES string of the molecule is Nc1cccc2c1C(=O)c1c(NC(=O)c3ccccc3)ccc(NC(=O)c3ccccc3)c1C2=O. The van der Waals surface area contributed by atoms with Crippen LogP contribution in [0.25, 0.3) is 0 Å². The van der Waals surface area contributed by atoms with E-state index in [4.69, 9.17) is 5.73 Å². The largest absolute Gasteiger partial charge is 0.398 e. The first-order valence-electron chi connectivity index (χ1n) is 10.8. The van der Waals surface area contributed by atoms with E-state index in [9.17, 15) is 19.2 Å². The molecule has 170 valence electrons. The smallest absolute Gasteiger partial charge is 0.255 e. The number of rotatable bonds is 4. The molecule has 4 aromatic rings. The van der Waals surface area contributed by atoms with Crippen molar-refractivity contribution in [1.29, 1.82) is 0 Å². The van der Waals surface area contributed by atoms with Crippen molar-refractivity contribution in [2.75, 3.05) is 16.4 Å². The van der Waals surface area contributed by atoms with E-state index < -0.39 is 23.4 Å². The number of ketones is 2. The van der Waals surface area contributed by atoms with Gasteiger partial charge >= 0.3 is 0 Å². The Hall–Kier alpha value is -5.04. The minimum atomic E-state index is -0.508. The number of hydrogen-bond donors (Lipinski definition) is 3. The first-order valence-corrected chi connectivity index (χ1v) is 10.8. The standard InChI is InChI=1S/C28H19N3O4/c29-19-13-7-12-18-22(19)26(33)24-21(31-28(35)17-10-5-2-6-11-17)15-14-20(23(24)25(18)32)30-27(34)16-8-3-1-4-9-16/h1-15H,29H2,(H,30,34)(H,31,35). The van der Waals surface area contributed by atoms with Gasteiger partial charge in [-0.15, -0.1) is 0 Å². The lowest BCUT2D eigenvalue weighted by Gasteiger charge is -2.24. The van der Waals surface area contributed by atoms with E-state index in [-0.39, 0.29) is 39.3 Å². The molecule has 0 atom stereocenters. The summed E-state index contributed by atoms with van der Waals surface area (Å²) in [5, 5.41) is 5.47. The molecule has 0 heterocycles. The van der Waals surface area contributed by atoms with Crippen LogP contribution in [0, 0.1) is 0 Å². The van der Waals surface area contributed by atoms with Crippen LogP contribution in [-0.2, 0) is 0 Å². The van der Waals surface area contributed by atoms with Gasteiger partial charge in [0.15, 0.2) is 11.6 Å². The van der Waals surface area contributed by atoms with Gasteiger partial charge in [-0.05, 0) is 42.5 Å². The van der Waals surface area contributed by atoms with Gasteiger partial charge in [-0.25, -0.2) is 0 Å². The molecule has 1 aliphatic carbocycles. The third-order valence-electron chi connectivity index (χ3n) is 5.80. The van der Waals surface area contributed by atoms with Gasteiger partial charge in [-0.2, -0.15) is 0 Å². The van der Waals surface area contributed by atoms with Gasteiger partial charge in [0.25, 0.3) is 11.8 Å². The van der Waals surface area contributed by atoms with E-state index in [0.717, 1.165) is 0 Å². The number of carbonyl (C=O) groups is 4. The summed E-state index contributed by atoms with van der Waals surface area (Å²) in [6.45, 7) is 0. The highest BCUT2D eigenvalue weighted by molar-refractivity contribution is 6.34. The highest BCUT2D eigenvalue weighted by Crippen LogP contribution is 2.38. The average molecular weight is 461 g/mol. The summed E-state index contributed by atoms with van der Waals surface area (Å²) in [4.78, 5) is 52.9. The van der Waals surface area contributed by atoms with Gasteiger partial charge in [0.2, 0.25) is 0 Å². The first-order chi connectivity index (χ1) is 17.0. The van der Waals surface area contributed by atoms with Crippen molar-refractivity contribution in [1.82, 2.24) is 0 Å². The minimum Gasteiger partial charge on any atom is -0.398 e. The molecule has 0 unspecified atom stereocenters. The number of nitrogen functional groups attached to an aromatic ring is 1. The van der Waals surface area contributed by atoms with Crippen molar-refractivity contribution < 1.29 is 19.2 Å². The van der Waals surface area contributed by atoms with E-state index in [1.165, 1.54) is 24.3 Å². The molecule has 0 aliphatic heterocycles. The van der Waals surface area contributed by atoms with Crippen molar-refractivity contribution in [3.05, 3.63) is 124 Å². The number of benzene rings is 4. The van der Waals surface area contributed by atoms with Crippen LogP contribution in [-0.4, -0.2) is 23.4 Å². The van der Waals surface area contributed by atoms with Crippen LogP contribution in [0.15, 0.2) is 91.0 Å². The minimum absolute atomic E-state index is 0.00300. The molecule has 5 rings (SSSR count). The number of carbonyl (C=O) groups excluding carboxylic acids is 4. The van der Waals surface area contributed by atoms with Gasteiger partial charge in [-0.3, -0.25) is 19.2 Å². The quantitative estimate of drug-likeness (QED) is 0.339. The Morgan fingerprint density at radius 2 is 1.03 bits per heavy atom. The monoisotopic (exact) mass is 461 g/mol. The third kappa shape index (κ3) is 3.85. The summed E-state index contributed by atoms with van der Waals surface area (Å²) in [6.07, 6.45) is 0. The highest BCUT2D eigenvalue weighted by atomic mass is 16.2. The third-order valence-corrected chi connectivity index (χ3v) is 5.80. The molecule has 0 saturated heterocycles. The number of anilines is 3. The summed E-state index contributed by atoms with van der Waals surface area (Å²) < 4.78 is 0. The second kappa shape index (κ2) is 8.72. The maximum atomic E-state index is 13.6. The fraction of sp³-hybridized carbons (Fsp3) is 0. The molecule has 0 bridgehead atoms. The predicted molar refractivity (Wildman–Crippen MR) is 133 cm³/mol. The maximum absolute atomic E-state index is 13.6. The predicted octanol–water partition coefficient (Wildman–Crippen LogP) is 4.55. The van der Waals surface area contributed by atoms with E-state index in [2.05, 4.69) is 10.6 Å². The van der Waals surface area contributed by atoms with E-state index >= 15 is 0 Å². The molecule has 7 heteroatoms. The van der Waals surface area contributed by atoms with Gasteiger partial charge in [-0.1, -0.05) is 48.5 Å². The molecule has 4 N–H and O–H groups in total. The lowest BCUT2D eigenvalue weighted by atomic mass is 9.81. The second-order valence-electron chi connectivity index (χ2n) is 7.98.